The molecule has 0 aliphatic heterocycles. The fourth-order valence-corrected chi connectivity index (χ4v) is 1.91. The molecule has 0 unspecified atom stereocenters. The van der Waals surface area contributed by atoms with E-state index < -0.39 is 0 Å². The highest BCUT2D eigenvalue weighted by Gasteiger charge is 2.15. The Kier molecular flexibility index (Phi) is 6.41. The number of nitrogens with zero attached hydrogens (tertiary/aromatic N) is 1. The zero-order valence-electron chi connectivity index (χ0n) is 12.1. The second kappa shape index (κ2) is 7.81. The number of nitrogens with two attached hydrogens (primary N) is 1. The summed E-state index contributed by atoms with van der Waals surface area (Å²) in [6.45, 7) is 4.64. The summed E-state index contributed by atoms with van der Waals surface area (Å²) in [7, 11) is 1.57. The van der Waals surface area contributed by atoms with Gasteiger partial charge in [0.2, 0.25) is 5.91 Å². The maximum Gasteiger partial charge on any atom is 0.238 e. The predicted octanol–water partition coefficient (Wildman–Crippen LogP) is 1.63. The minimum Gasteiger partial charge on any atom is -0.495 e. The Morgan fingerprint density at radius 3 is 2.60 bits per heavy atom. The number of carbonyl (C=O) groups excluding carboxylic acids is 1. The number of amides is 1. The molecule has 0 aliphatic carbocycles. The molecule has 6 heteroatoms. The highest BCUT2D eigenvalue weighted by Crippen LogP contribution is 2.22. The molecule has 0 aromatic heterocycles. The molecule has 1 amide bonds. The number of hydrogen-bond acceptors (Lipinski definition) is 4. The third-order valence-electron chi connectivity index (χ3n) is 2.82. The summed E-state index contributed by atoms with van der Waals surface area (Å²) in [5.41, 5.74) is 6.20. The number of thiocarbonyl (C=S) groups is 1. The van der Waals surface area contributed by atoms with Crippen LogP contribution in [-0.4, -0.2) is 42.0 Å². The van der Waals surface area contributed by atoms with Gasteiger partial charge in [0.05, 0.1) is 24.3 Å². The summed E-state index contributed by atoms with van der Waals surface area (Å²) < 4.78 is 5.19. The summed E-state index contributed by atoms with van der Waals surface area (Å²) in [5, 5.41) is 2.83. The standard InChI is InChI=1S/C14H21N3O2S/c1-10(2)17(8-13(15)20)9-14(18)16-11-6-4-5-7-12(11)19-3/h4-7,10H,8-9H2,1-3H3,(H2,15,20)(H,16,18). The van der Waals surface area contributed by atoms with Crippen molar-refractivity contribution < 1.29 is 9.53 Å². The van der Waals surface area contributed by atoms with Crippen LogP contribution in [0, 0.1) is 0 Å². The summed E-state index contributed by atoms with van der Waals surface area (Å²) in [4.78, 5) is 14.4. The second-order valence-corrected chi connectivity index (χ2v) is 5.24. The van der Waals surface area contributed by atoms with Gasteiger partial charge in [0.25, 0.3) is 0 Å². The van der Waals surface area contributed by atoms with Crippen LogP contribution in [0.3, 0.4) is 0 Å². The van der Waals surface area contributed by atoms with Gasteiger partial charge in [-0.1, -0.05) is 24.4 Å². The normalized spacial score (nSPS) is 10.7. The molecule has 20 heavy (non-hydrogen) atoms. The second-order valence-electron chi connectivity index (χ2n) is 4.71. The molecule has 0 heterocycles. The molecule has 0 atom stereocenters. The molecule has 5 nitrogen and oxygen atoms in total. The van der Waals surface area contributed by atoms with Gasteiger partial charge in [-0.05, 0) is 26.0 Å². The average molecular weight is 295 g/mol. The lowest BCUT2D eigenvalue weighted by Gasteiger charge is -2.25. The van der Waals surface area contributed by atoms with E-state index in [1.807, 2.05) is 30.9 Å². The zero-order valence-corrected chi connectivity index (χ0v) is 12.9. The summed E-state index contributed by atoms with van der Waals surface area (Å²) in [6, 6.07) is 7.46. The van der Waals surface area contributed by atoms with Crippen molar-refractivity contribution in [3.8, 4) is 5.75 Å². The number of methoxy groups -OCH3 is 1. The van der Waals surface area contributed by atoms with Crippen molar-refractivity contribution in [2.45, 2.75) is 19.9 Å². The van der Waals surface area contributed by atoms with E-state index in [4.69, 9.17) is 22.7 Å². The van der Waals surface area contributed by atoms with Gasteiger partial charge in [-0.25, -0.2) is 0 Å². The molecule has 1 aromatic rings. The number of nitrogens with one attached hydrogen (secondary N) is 1. The number of carbonyl (C=O) groups is 1. The SMILES string of the molecule is COc1ccccc1NC(=O)CN(CC(N)=S)C(C)C. The van der Waals surface area contributed by atoms with Crippen LogP contribution in [-0.2, 0) is 4.79 Å². The van der Waals surface area contributed by atoms with Gasteiger partial charge in [0.1, 0.15) is 5.75 Å². The number of ether oxygens (including phenoxy) is 1. The minimum absolute atomic E-state index is 0.126. The molecule has 3 N–H and O–H groups in total. The lowest BCUT2D eigenvalue weighted by atomic mass is 10.2. The first-order valence-electron chi connectivity index (χ1n) is 6.39. The van der Waals surface area contributed by atoms with Crippen molar-refractivity contribution in [3.05, 3.63) is 24.3 Å². The topological polar surface area (TPSA) is 67.6 Å². The van der Waals surface area contributed by atoms with Gasteiger partial charge < -0.3 is 15.8 Å². The third-order valence-corrected chi connectivity index (χ3v) is 2.95. The fraction of sp³-hybridized carbons (Fsp3) is 0.429. The Morgan fingerprint density at radius 2 is 2.05 bits per heavy atom. The number of rotatable bonds is 7. The van der Waals surface area contributed by atoms with Crippen LogP contribution >= 0.6 is 12.2 Å². The first-order chi connectivity index (χ1) is 9.43. The lowest BCUT2D eigenvalue weighted by molar-refractivity contribution is -0.117. The molecular weight excluding hydrogens is 274 g/mol. The first kappa shape index (κ1) is 16.4. The minimum atomic E-state index is -0.126. The van der Waals surface area contributed by atoms with E-state index >= 15 is 0 Å². The zero-order chi connectivity index (χ0) is 15.1. The van der Waals surface area contributed by atoms with E-state index in [1.165, 1.54) is 0 Å². The van der Waals surface area contributed by atoms with Gasteiger partial charge in [-0.15, -0.1) is 0 Å². The lowest BCUT2D eigenvalue weighted by Crippen LogP contribution is -2.42. The summed E-state index contributed by atoms with van der Waals surface area (Å²) in [5.74, 6) is 0.505. The number of hydrogen-bond donors (Lipinski definition) is 2. The average Bonchev–Trinajstić information content (AvgIpc) is 2.37. The van der Waals surface area contributed by atoms with Crippen LogP contribution < -0.4 is 15.8 Å². The molecule has 1 rings (SSSR count). The van der Waals surface area contributed by atoms with Crippen LogP contribution in [0.2, 0.25) is 0 Å². The third kappa shape index (κ3) is 5.14. The fourth-order valence-electron chi connectivity index (χ4n) is 1.74. The highest BCUT2D eigenvalue weighted by atomic mass is 32.1. The van der Waals surface area contributed by atoms with Crippen LogP contribution in [0.5, 0.6) is 5.75 Å². The Balaban J connectivity index is 2.68. The van der Waals surface area contributed by atoms with Gasteiger partial charge in [0.15, 0.2) is 0 Å². The van der Waals surface area contributed by atoms with E-state index in [0.717, 1.165) is 0 Å². The number of para-hydroxylation sites is 2. The summed E-state index contributed by atoms with van der Waals surface area (Å²) >= 11 is 4.90. The maximum absolute atomic E-state index is 12.1. The highest BCUT2D eigenvalue weighted by molar-refractivity contribution is 7.80. The Bertz CT molecular complexity index is 477. The molecule has 0 fully saturated rings. The smallest absolute Gasteiger partial charge is 0.238 e. The quantitative estimate of drug-likeness (QED) is 0.748. The van der Waals surface area contributed by atoms with Crippen molar-refractivity contribution in [2.24, 2.45) is 5.73 Å². The van der Waals surface area contributed by atoms with Crippen molar-refractivity contribution in [1.82, 2.24) is 4.90 Å². The van der Waals surface area contributed by atoms with E-state index in [1.54, 1.807) is 19.2 Å². The maximum atomic E-state index is 12.1. The van der Waals surface area contributed by atoms with Crippen LogP contribution in [0.25, 0.3) is 0 Å². The Hall–Kier alpha value is -1.66. The molecule has 1 aromatic carbocycles. The Morgan fingerprint density at radius 1 is 1.40 bits per heavy atom. The number of anilines is 1. The van der Waals surface area contributed by atoms with E-state index in [2.05, 4.69) is 5.32 Å². The van der Waals surface area contributed by atoms with Crippen molar-refractivity contribution in [1.29, 1.82) is 0 Å². The molecular formula is C14H21N3O2S. The van der Waals surface area contributed by atoms with E-state index in [-0.39, 0.29) is 18.5 Å². The van der Waals surface area contributed by atoms with Gasteiger partial charge in [-0.3, -0.25) is 9.69 Å². The monoisotopic (exact) mass is 295 g/mol. The van der Waals surface area contributed by atoms with E-state index in [0.29, 0.717) is 23.0 Å². The van der Waals surface area contributed by atoms with Crippen molar-refractivity contribution in [3.63, 3.8) is 0 Å². The van der Waals surface area contributed by atoms with Crippen LogP contribution in [0.15, 0.2) is 24.3 Å². The predicted molar refractivity (Wildman–Crippen MR) is 85.1 cm³/mol. The van der Waals surface area contributed by atoms with Gasteiger partial charge in [0, 0.05) is 12.6 Å². The molecule has 0 saturated heterocycles. The van der Waals surface area contributed by atoms with Crippen LogP contribution in [0.1, 0.15) is 13.8 Å². The number of benzene rings is 1. The van der Waals surface area contributed by atoms with Crippen LogP contribution in [0.4, 0.5) is 5.69 Å². The molecule has 0 bridgehead atoms. The van der Waals surface area contributed by atoms with Crippen molar-refractivity contribution in [2.75, 3.05) is 25.5 Å². The summed E-state index contributed by atoms with van der Waals surface area (Å²) in [6.07, 6.45) is 0. The molecule has 0 radical (unpaired) electrons. The first-order valence-corrected chi connectivity index (χ1v) is 6.80. The van der Waals surface area contributed by atoms with Crippen molar-refractivity contribution >= 4 is 28.8 Å². The molecule has 110 valence electrons. The largest absolute Gasteiger partial charge is 0.495 e. The molecule has 0 saturated carbocycles. The van der Waals surface area contributed by atoms with Gasteiger partial charge >= 0.3 is 0 Å². The molecule has 0 spiro atoms. The molecule has 0 aliphatic rings. The van der Waals surface area contributed by atoms with E-state index in [9.17, 15) is 4.79 Å². The Labute approximate surface area is 125 Å². The van der Waals surface area contributed by atoms with Gasteiger partial charge in [-0.2, -0.15) is 0 Å².